The Kier molecular flexibility index (Phi) is 2.13. The summed E-state index contributed by atoms with van der Waals surface area (Å²) < 4.78 is 0.207. The van der Waals surface area contributed by atoms with Gasteiger partial charge in [0, 0.05) is 0 Å². The second-order valence-electron chi connectivity index (χ2n) is 2.68. The van der Waals surface area contributed by atoms with E-state index in [2.05, 4.69) is 20.6 Å². The van der Waals surface area contributed by atoms with Gasteiger partial charge in [-0.1, -0.05) is 0 Å². The molecule has 0 atom stereocenters. The molecule has 0 amide bonds. The topological polar surface area (TPSA) is 33.1 Å². The summed E-state index contributed by atoms with van der Waals surface area (Å²) in [7, 11) is 0. The third kappa shape index (κ3) is 1.48. The van der Waals surface area contributed by atoms with Crippen LogP contribution in [0.3, 0.4) is 0 Å². The van der Waals surface area contributed by atoms with E-state index in [0.29, 0.717) is 0 Å². The van der Waals surface area contributed by atoms with Crippen LogP contribution in [0.4, 0.5) is 0 Å². The molecule has 1 N–H and O–H groups in total. The molecule has 2 rings (SSSR count). The first-order valence-electron chi connectivity index (χ1n) is 3.86. The van der Waals surface area contributed by atoms with E-state index < -0.39 is 0 Å². The molecule has 13 heavy (non-hydrogen) atoms. The summed E-state index contributed by atoms with van der Waals surface area (Å²) in [4.78, 5) is 4.19. The van der Waals surface area contributed by atoms with Crippen LogP contribution in [0.1, 0.15) is 5.56 Å². The molecule has 0 aliphatic rings. The predicted molar refractivity (Wildman–Crippen MR) is 53.5 cm³/mol. The zero-order chi connectivity index (χ0) is 9.26. The molecule has 1 aromatic heterocycles. The summed E-state index contributed by atoms with van der Waals surface area (Å²) in [5.41, 5.74) is 1.69. The standard InChI is InChI=1S/C10H7NOSe/c12-10(13)8-3-1-5-9-7(8)4-2-6-11-9/h1-6H,(H,12,13). The van der Waals surface area contributed by atoms with Gasteiger partial charge in [-0.2, -0.15) is 0 Å². The van der Waals surface area contributed by atoms with Crippen molar-refractivity contribution in [2.45, 2.75) is 0 Å². The van der Waals surface area contributed by atoms with E-state index in [-0.39, 0.29) is 4.60 Å². The van der Waals surface area contributed by atoms with Gasteiger partial charge in [0.15, 0.2) is 0 Å². The van der Waals surface area contributed by atoms with E-state index >= 15 is 0 Å². The van der Waals surface area contributed by atoms with Gasteiger partial charge in [-0.25, -0.2) is 0 Å². The SMILES string of the molecule is OC(=[Se])c1cccc2ncccc12. The van der Waals surface area contributed by atoms with Gasteiger partial charge in [0.2, 0.25) is 0 Å². The van der Waals surface area contributed by atoms with Crippen LogP contribution in [-0.2, 0) is 0 Å². The van der Waals surface area contributed by atoms with Crippen molar-refractivity contribution in [1.29, 1.82) is 0 Å². The number of aliphatic hydroxyl groups is 1. The first kappa shape index (κ1) is 8.42. The molecule has 0 fully saturated rings. The number of nitrogens with zero attached hydrogens (tertiary/aromatic N) is 1. The molecule has 1 aromatic carbocycles. The van der Waals surface area contributed by atoms with Crippen molar-refractivity contribution >= 4 is 31.1 Å². The number of hydrogen-bond donors (Lipinski definition) is 1. The molecule has 2 nitrogen and oxygen atoms in total. The van der Waals surface area contributed by atoms with Gasteiger partial charge in [-0.15, -0.1) is 0 Å². The molecule has 0 saturated heterocycles. The Morgan fingerprint density at radius 1 is 1.23 bits per heavy atom. The van der Waals surface area contributed by atoms with Crippen LogP contribution in [0, 0.1) is 0 Å². The Hall–Kier alpha value is -1.18. The monoisotopic (exact) mass is 237 g/mol. The van der Waals surface area contributed by atoms with Crippen molar-refractivity contribution in [1.82, 2.24) is 4.98 Å². The molecular weight excluding hydrogens is 229 g/mol. The normalized spacial score (nSPS) is 10.2. The molecule has 1 heterocycles. The maximum absolute atomic E-state index is 9.36. The molecule has 0 radical (unpaired) electrons. The summed E-state index contributed by atoms with van der Waals surface area (Å²) in [6, 6.07) is 9.44. The van der Waals surface area contributed by atoms with Gasteiger partial charge in [0.25, 0.3) is 0 Å². The first-order valence-corrected chi connectivity index (χ1v) is 4.72. The van der Waals surface area contributed by atoms with Gasteiger partial charge < -0.3 is 0 Å². The predicted octanol–water partition coefficient (Wildman–Crippen LogP) is 1.25. The van der Waals surface area contributed by atoms with Crippen molar-refractivity contribution < 1.29 is 5.11 Å². The van der Waals surface area contributed by atoms with Crippen LogP contribution in [-0.4, -0.2) is 30.3 Å². The zero-order valence-electron chi connectivity index (χ0n) is 6.77. The number of fused-ring (bicyclic) bond motifs is 1. The van der Waals surface area contributed by atoms with Crippen molar-refractivity contribution in [2.75, 3.05) is 0 Å². The second kappa shape index (κ2) is 3.29. The van der Waals surface area contributed by atoms with Gasteiger partial charge in [0.05, 0.1) is 0 Å². The molecule has 0 saturated carbocycles. The fourth-order valence-corrected chi connectivity index (χ4v) is 1.66. The molecule has 0 spiro atoms. The minimum atomic E-state index is 0.207. The van der Waals surface area contributed by atoms with Crippen molar-refractivity contribution in [3.05, 3.63) is 42.1 Å². The van der Waals surface area contributed by atoms with Crippen molar-refractivity contribution in [3.63, 3.8) is 0 Å². The van der Waals surface area contributed by atoms with Crippen LogP contribution >= 0.6 is 0 Å². The molecule has 2 aromatic rings. The maximum atomic E-state index is 9.36. The van der Waals surface area contributed by atoms with Crippen LogP contribution in [0.5, 0.6) is 0 Å². The third-order valence-corrected chi connectivity index (χ3v) is 2.34. The Morgan fingerprint density at radius 2 is 2.08 bits per heavy atom. The fraction of sp³-hybridized carbons (Fsp3) is 0. The van der Waals surface area contributed by atoms with Crippen LogP contribution in [0.2, 0.25) is 0 Å². The van der Waals surface area contributed by atoms with Crippen molar-refractivity contribution in [2.24, 2.45) is 0 Å². The second-order valence-corrected chi connectivity index (χ2v) is 3.49. The van der Waals surface area contributed by atoms with E-state index in [0.717, 1.165) is 16.5 Å². The third-order valence-electron chi connectivity index (χ3n) is 1.88. The van der Waals surface area contributed by atoms with Crippen LogP contribution in [0.25, 0.3) is 10.9 Å². The summed E-state index contributed by atoms with van der Waals surface area (Å²) in [5.74, 6) is 0. The number of benzene rings is 1. The number of pyridine rings is 1. The Labute approximate surface area is 83.6 Å². The summed E-state index contributed by atoms with van der Waals surface area (Å²) in [6.45, 7) is 0. The molecular formula is C10H7NOSe. The average molecular weight is 236 g/mol. The molecule has 0 unspecified atom stereocenters. The summed E-state index contributed by atoms with van der Waals surface area (Å²) in [6.07, 6.45) is 1.74. The molecule has 0 aliphatic carbocycles. The molecule has 0 aliphatic heterocycles. The van der Waals surface area contributed by atoms with Gasteiger partial charge >= 0.3 is 83.3 Å². The number of hydrogen-bond acceptors (Lipinski definition) is 2. The molecule has 0 bridgehead atoms. The van der Waals surface area contributed by atoms with E-state index in [4.69, 9.17) is 0 Å². The molecule has 64 valence electrons. The first-order chi connectivity index (χ1) is 6.29. The zero-order valence-corrected chi connectivity index (χ0v) is 8.48. The Morgan fingerprint density at radius 3 is 2.85 bits per heavy atom. The number of aliphatic hydroxyl groups excluding tert-OH is 1. The van der Waals surface area contributed by atoms with Gasteiger partial charge in [0.1, 0.15) is 0 Å². The van der Waals surface area contributed by atoms with Crippen LogP contribution < -0.4 is 0 Å². The van der Waals surface area contributed by atoms with Crippen molar-refractivity contribution in [3.8, 4) is 0 Å². The van der Waals surface area contributed by atoms with E-state index in [1.165, 1.54) is 0 Å². The van der Waals surface area contributed by atoms with E-state index in [9.17, 15) is 5.11 Å². The Bertz CT molecular complexity index is 462. The van der Waals surface area contributed by atoms with Gasteiger partial charge in [-0.3, -0.25) is 0 Å². The number of aromatic nitrogens is 1. The van der Waals surface area contributed by atoms with Gasteiger partial charge in [-0.05, 0) is 0 Å². The fourth-order valence-electron chi connectivity index (χ4n) is 1.29. The quantitative estimate of drug-likeness (QED) is 0.756. The molecule has 3 heteroatoms. The summed E-state index contributed by atoms with van der Waals surface area (Å²) >= 11 is 2.59. The minimum absolute atomic E-state index is 0.207. The van der Waals surface area contributed by atoms with E-state index in [1.807, 2.05) is 30.3 Å². The van der Waals surface area contributed by atoms with Crippen LogP contribution in [0.15, 0.2) is 36.5 Å². The Balaban J connectivity index is 2.83. The summed E-state index contributed by atoms with van der Waals surface area (Å²) in [5, 5.41) is 10.3. The average Bonchev–Trinajstić information content (AvgIpc) is 2.17. The van der Waals surface area contributed by atoms with E-state index in [1.54, 1.807) is 6.20 Å². The number of rotatable bonds is 1.